The first-order valence-electron chi connectivity index (χ1n) is 7.34. The fourth-order valence-electron chi connectivity index (χ4n) is 2.26. The van der Waals surface area contributed by atoms with Crippen molar-refractivity contribution in [1.29, 1.82) is 0 Å². The van der Waals surface area contributed by atoms with Gasteiger partial charge in [-0.25, -0.2) is 0 Å². The minimum atomic E-state index is -0.247. The van der Waals surface area contributed by atoms with Gasteiger partial charge in [-0.2, -0.15) is 0 Å². The second kappa shape index (κ2) is 7.66. The van der Waals surface area contributed by atoms with Crippen LogP contribution < -0.4 is 0 Å². The smallest absolute Gasteiger partial charge is 0.0690 e. The number of rotatable bonds is 7. The van der Waals surface area contributed by atoms with Crippen LogP contribution in [-0.4, -0.2) is 29.2 Å². The molecule has 0 fully saturated rings. The summed E-state index contributed by atoms with van der Waals surface area (Å²) in [7, 11) is 0. The van der Waals surface area contributed by atoms with E-state index < -0.39 is 0 Å². The number of benzene rings is 1. The Hall–Kier alpha value is -0.860. The second-order valence-electron chi connectivity index (χ2n) is 6.39. The van der Waals surface area contributed by atoms with Gasteiger partial charge in [0, 0.05) is 19.6 Å². The van der Waals surface area contributed by atoms with Crippen LogP contribution in [0, 0.1) is 18.8 Å². The van der Waals surface area contributed by atoms with E-state index in [0.717, 1.165) is 19.6 Å². The summed E-state index contributed by atoms with van der Waals surface area (Å²) in [5.41, 5.74) is 2.63. The van der Waals surface area contributed by atoms with Gasteiger partial charge < -0.3 is 5.11 Å². The highest BCUT2D eigenvalue weighted by Gasteiger charge is 2.16. The highest BCUT2D eigenvalue weighted by molar-refractivity contribution is 5.22. The lowest BCUT2D eigenvalue weighted by molar-refractivity contribution is 0.0682. The normalized spacial score (nSPS) is 13.5. The Kier molecular flexibility index (Phi) is 6.53. The van der Waals surface area contributed by atoms with Gasteiger partial charge in [-0.3, -0.25) is 4.90 Å². The molecule has 2 nitrogen and oxygen atoms in total. The molecule has 108 valence electrons. The van der Waals surface area contributed by atoms with E-state index in [4.69, 9.17) is 0 Å². The Morgan fingerprint density at radius 2 is 1.79 bits per heavy atom. The molecule has 0 spiro atoms. The number of nitrogens with zero attached hydrogens (tertiary/aromatic N) is 1. The van der Waals surface area contributed by atoms with Crippen LogP contribution in [-0.2, 0) is 6.54 Å². The van der Waals surface area contributed by atoms with Crippen molar-refractivity contribution in [3.63, 3.8) is 0 Å². The van der Waals surface area contributed by atoms with Crippen LogP contribution in [0.2, 0.25) is 0 Å². The zero-order valence-electron chi connectivity index (χ0n) is 13.1. The molecular formula is C17H29NO. The standard InChI is InChI=1S/C17H29NO/c1-13(2)10-18(12-17(19)14(3)4)11-16-8-6-7-15(5)9-16/h6-9,13-14,17,19H,10-12H2,1-5H3. The Morgan fingerprint density at radius 1 is 1.11 bits per heavy atom. The van der Waals surface area contributed by atoms with E-state index in [-0.39, 0.29) is 6.10 Å². The summed E-state index contributed by atoms with van der Waals surface area (Å²) in [6, 6.07) is 8.63. The lowest BCUT2D eigenvalue weighted by Gasteiger charge is -2.28. The Morgan fingerprint density at radius 3 is 2.32 bits per heavy atom. The van der Waals surface area contributed by atoms with E-state index in [1.807, 2.05) is 0 Å². The van der Waals surface area contributed by atoms with Gasteiger partial charge in [-0.1, -0.05) is 57.5 Å². The van der Waals surface area contributed by atoms with Crippen LogP contribution in [0.25, 0.3) is 0 Å². The zero-order chi connectivity index (χ0) is 14.4. The van der Waals surface area contributed by atoms with E-state index in [1.165, 1.54) is 11.1 Å². The van der Waals surface area contributed by atoms with Crippen LogP contribution in [0.3, 0.4) is 0 Å². The lowest BCUT2D eigenvalue weighted by atomic mass is 10.1. The molecule has 0 saturated heterocycles. The molecule has 2 heteroatoms. The number of hydrogen-bond donors (Lipinski definition) is 1. The minimum absolute atomic E-state index is 0.247. The summed E-state index contributed by atoms with van der Waals surface area (Å²) >= 11 is 0. The molecule has 0 heterocycles. The SMILES string of the molecule is Cc1cccc(CN(CC(C)C)CC(O)C(C)C)c1. The number of aliphatic hydroxyl groups excluding tert-OH is 1. The molecule has 1 atom stereocenters. The van der Waals surface area contributed by atoms with E-state index in [1.54, 1.807) is 0 Å². The Balaban J connectivity index is 2.68. The number of hydrogen-bond acceptors (Lipinski definition) is 2. The summed E-state index contributed by atoms with van der Waals surface area (Å²) in [6.07, 6.45) is -0.247. The highest BCUT2D eigenvalue weighted by atomic mass is 16.3. The van der Waals surface area contributed by atoms with Gasteiger partial charge >= 0.3 is 0 Å². The van der Waals surface area contributed by atoms with Crippen molar-refractivity contribution in [2.24, 2.45) is 11.8 Å². The van der Waals surface area contributed by atoms with Gasteiger partial charge in [0.1, 0.15) is 0 Å². The monoisotopic (exact) mass is 263 g/mol. The predicted octanol–water partition coefficient (Wildman–Crippen LogP) is 3.47. The van der Waals surface area contributed by atoms with Crippen LogP contribution in [0.1, 0.15) is 38.8 Å². The first kappa shape index (κ1) is 16.2. The highest BCUT2D eigenvalue weighted by Crippen LogP contribution is 2.12. The molecule has 1 unspecified atom stereocenters. The maximum Gasteiger partial charge on any atom is 0.0690 e. The van der Waals surface area contributed by atoms with Gasteiger partial charge in [-0.15, -0.1) is 0 Å². The molecular weight excluding hydrogens is 234 g/mol. The number of aryl methyl sites for hydroxylation is 1. The first-order chi connectivity index (χ1) is 8.88. The second-order valence-corrected chi connectivity index (χ2v) is 6.39. The van der Waals surface area contributed by atoms with E-state index in [0.29, 0.717) is 11.8 Å². The summed E-state index contributed by atoms with van der Waals surface area (Å²) in [6.45, 7) is 13.4. The van der Waals surface area contributed by atoms with E-state index in [2.05, 4.69) is 63.8 Å². The third kappa shape index (κ3) is 6.22. The summed E-state index contributed by atoms with van der Waals surface area (Å²) < 4.78 is 0. The van der Waals surface area contributed by atoms with Crippen molar-refractivity contribution < 1.29 is 5.11 Å². The maximum atomic E-state index is 10.1. The Labute approximate surface area is 118 Å². The fraction of sp³-hybridized carbons (Fsp3) is 0.647. The molecule has 0 bridgehead atoms. The molecule has 1 aromatic rings. The van der Waals surface area contributed by atoms with Crippen LogP contribution in [0.4, 0.5) is 0 Å². The minimum Gasteiger partial charge on any atom is -0.392 e. The van der Waals surface area contributed by atoms with Crippen molar-refractivity contribution in [3.05, 3.63) is 35.4 Å². The molecule has 1 aromatic carbocycles. The van der Waals surface area contributed by atoms with Crippen molar-refractivity contribution in [2.45, 2.75) is 47.3 Å². The molecule has 0 amide bonds. The van der Waals surface area contributed by atoms with Crippen molar-refractivity contribution >= 4 is 0 Å². The average Bonchev–Trinajstić information content (AvgIpc) is 2.27. The van der Waals surface area contributed by atoms with Gasteiger partial charge in [0.05, 0.1) is 6.10 Å². The third-order valence-corrected chi connectivity index (χ3v) is 3.33. The van der Waals surface area contributed by atoms with Crippen molar-refractivity contribution in [1.82, 2.24) is 4.90 Å². The largest absolute Gasteiger partial charge is 0.392 e. The predicted molar refractivity (Wildman–Crippen MR) is 82.1 cm³/mol. The first-order valence-corrected chi connectivity index (χ1v) is 7.34. The van der Waals surface area contributed by atoms with Gasteiger partial charge in [-0.05, 0) is 24.3 Å². The van der Waals surface area contributed by atoms with Crippen molar-refractivity contribution in [3.8, 4) is 0 Å². The molecule has 0 aliphatic carbocycles. The summed E-state index contributed by atoms with van der Waals surface area (Å²) in [5.74, 6) is 0.927. The maximum absolute atomic E-state index is 10.1. The van der Waals surface area contributed by atoms with Crippen LogP contribution in [0.5, 0.6) is 0 Å². The fourth-order valence-corrected chi connectivity index (χ4v) is 2.26. The lowest BCUT2D eigenvalue weighted by Crippen LogP contribution is -2.36. The molecule has 0 radical (unpaired) electrons. The van der Waals surface area contributed by atoms with Gasteiger partial charge in [0.15, 0.2) is 0 Å². The van der Waals surface area contributed by atoms with Gasteiger partial charge in [0.25, 0.3) is 0 Å². The third-order valence-electron chi connectivity index (χ3n) is 3.33. The van der Waals surface area contributed by atoms with Gasteiger partial charge in [0.2, 0.25) is 0 Å². The molecule has 0 aromatic heterocycles. The molecule has 0 aliphatic heterocycles. The summed E-state index contributed by atoms with van der Waals surface area (Å²) in [5, 5.41) is 10.1. The molecule has 0 aliphatic rings. The van der Waals surface area contributed by atoms with Crippen LogP contribution in [0.15, 0.2) is 24.3 Å². The van der Waals surface area contributed by atoms with Crippen LogP contribution >= 0.6 is 0 Å². The molecule has 1 N–H and O–H groups in total. The average molecular weight is 263 g/mol. The Bertz CT molecular complexity index is 373. The molecule has 1 rings (SSSR count). The molecule has 19 heavy (non-hydrogen) atoms. The van der Waals surface area contributed by atoms with E-state index in [9.17, 15) is 5.11 Å². The topological polar surface area (TPSA) is 23.5 Å². The molecule has 0 saturated carbocycles. The van der Waals surface area contributed by atoms with Crippen molar-refractivity contribution in [2.75, 3.05) is 13.1 Å². The number of aliphatic hydroxyl groups is 1. The quantitative estimate of drug-likeness (QED) is 0.814. The zero-order valence-corrected chi connectivity index (χ0v) is 13.1. The van der Waals surface area contributed by atoms with E-state index >= 15 is 0 Å². The summed E-state index contributed by atoms with van der Waals surface area (Å²) in [4.78, 5) is 2.37.